The molecule has 31 heavy (non-hydrogen) atoms. The van der Waals surface area contributed by atoms with Crippen LogP contribution in [0.15, 0.2) is 53.0 Å². The molecule has 5 rings (SSSR count). The number of nitrogens with one attached hydrogen (secondary N) is 1. The SMILES string of the molecule is C[C@]1(C(=O)c2ccc(Br)cc2)[C@H]2c3ccccc3OC(=O)[C@@]21C(=O)NC1CCCCC1. The summed E-state index contributed by atoms with van der Waals surface area (Å²) < 4.78 is 6.50. The zero-order valence-corrected chi connectivity index (χ0v) is 18.9. The molecule has 2 saturated carbocycles. The second-order valence-corrected chi connectivity index (χ2v) is 9.93. The van der Waals surface area contributed by atoms with Gasteiger partial charge < -0.3 is 10.1 Å². The van der Waals surface area contributed by atoms with Gasteiger partial charge in [0.15, 0.2) is 11.2 Å². The topological polar surface area (TPSA) is 72.5 Å². The molecule has 3 atom stereocenters. The Morgan fingerprint density at radius 3 is 2.42 bits per heavy atom. The van der Waals surface area contributed by atoms with Gasteiger partial charge in [-0.25, -0.2) is 0 Å². The molecule has 0 unspecified atom stereocenters. The molecule has 0 bridgehead atoms. The summed E-state index contributed by atoms with van der Waals surface area (Å²) in [6.45, 7) is 1.74. The number of fused-ring (bicyclic) bond motifs is 3. The third-order valence-electron chi connectivity index (χ3n) is 7.38. The standard InChI is InChI=1S/C25H24BrNO4/c1-24(21(28)15-11-13-16(26)14-12-15)20-18-9-5-6-10-19(18)31-23(30)25(20,24)22(29)27-17-7-3-2-4-8-17/h5-6,9-14,17,20H,2-4,7-8H2,1H3,(H,27,29)/t20-,24-,25+/m1/s1. The van der Waals surface area contributed by atoms with E-state index in [4.69, 9.17) is 4.74 Å². The highest BCUT2D eigenvalue weighted by atomic mass is 79.9. The third kappa shape index (κ3) is 2.84. The summed E-state index contributed by atoms with van der Waals surface area (Å²) in [5.74, 6) is -1.32. The summed E-state index contributed by atoms with van der Waals surface area (Å²) >= 11 is 3.39. The van der Waals surface area contributed by atoms with Gasteiger partial charge in [0, 0.05) is 27.6 Å². The lowest BCUT2D eigenvalue weighted by molar-refractivity contribution is -0.149. The average Bonchev–Trinajstić information content (AvgIpc) is 3.38. The van der Waals surface area contributed by atoms with Crippen LogP contribution in [-0.2, 0) is 9.59 Å². The molecule has 0 aromatic heterocycles. The van der Waals surface area contributed by atoms with E-state index in [1.807, 2.05) is 12.1 Å². The molecule has 2 aromatic rings. The molecule has 0 radical (unpaired) electrons. The first-order chi connectivity index (χ1) is 14.9. The molecule has 5 nitrogen and oxygen atoms in total. The van der Waals surface area contributed by atoms with Crippen LogP contribution in [0.25, 0.3) is 0 Å². The van der Waals surface area contributed by atoms with Crippen LogP contribution in [0.4, 0.5) is 0 Å². The maximum absolute atomic E-state index is 13.8. The summed E-state index contributed by atoms with van der Waals surface area (Å²) in [6.07, 6.45) is 5.08. The van der Waals surface area contributed by atoms with Crippen LogP contribution in [-0.4, -0.2) is 23.7 Å². The number of rotatable bonds is 4. The highest BCUT2D eigenvalue weighted by Gasteiger charge is 2.88. The van der Waals surface area contributed by atoms with Crippen molar-refractivity contribution in [1.29, 1.82) is 0 Å². The zero-order valence-electron chi connectivity index (χ0n) is 17.3. The largest absolute Gasteiger partial charge is 0.425 e. The van der Waals surface area contributed by atoms with Gasteiger partial charge in [-0.15, -0.1) is 0 Å². The molecule has 0 saturated heterocycles. The van der Waals surface area contributed by atoms with Crippen LogP contribution >= 0.6 is 15.9 Å². The molecule has 2 aromatic carbocycles. The van der Waals surface area contributed by atoms with E-state index in [1.54, 1.807) is 43.3 Å². The normalized spacial score (nSPS) is 29.4. The molecule has 1 aliphatic heterocycles. The lowest BCUT2D eigenvalue weighted by Gasteiger charge is -2.28. The Balaban J connectivity index is 1.59. The molecule has 0 spiro atoms. The van der Waals surface area contributed by atoms with E-state index >= 15 is 0 Å². The van der Waals surface area contributed by atoms with Crippen LogP contribution in [0.3, 0.4) is 0 Å². The molecular formula is C25H24BrNO4. The van der Waals surface area contributed by atoms with Crippen molar-refractivity contribution in [2.45, 2.75) is 51.0 Å². The predicted octanol–water partition coefficient (Wildman–Crippen LogP) is 4.79. The molecule has 2 aliphatic carbocycles. The van der Waals surface area contributed by atoms with Gasteiger partial charge in [0.2, 0.25) is 5.91 Å². The Bertz CT molecular complexity index is 1080. The average molecular weight is 482 g/mol. The van der Waals surface area contributed by atoms with Crippen molar-refractivity contribution in [3.05, 3.63) is 64.1 Å². The fraction of sp³-hybridized carbons (Fsp3) is 0.400. The molecule has 1 heterocycles. The number of Topliss-reactive ketones (excluding diaryl/α,β-unsaturated/α-hetero) is 1. The van der Waals surface area contributed by atoms with Gasteiger partial charge in [-0.2, -0.15) is 0 Å². The highest BCUT2D eigenvalue weighted by molar-refractivity contribution is 9.10. The van der Waals surface area contributed by atoms with Crippen molar-refractivity contribution in [3.8, 4) is 5.75 Å². The van der Waals surface area contributed by atoms with Crippen LogP contribution in [0.1, 0.15) is 60.9 Å². The Labute approximate surface area is 189 Å². The molecule has 3 aliphatic rings. The van der Waals surface area contributed by atoms with Crippen molar-refractivity contribution in [2.75, 3.05) is 0 Å². The second-order valence-electron chi connectivity index (χ2n) is 9.02. The van der Waals surface area contributed by atoms with E-state index in [1.165, 1.54) is 0 Å². The van der Waals surface area contributed by atoms with Gasteiger partial charge in [-0.05, 0) is 38.0 Å². The number of carbonyl (C=O) groups is 3. The maximum Gasteiger partial charge on any atom is 0.328 e. The number of amides is 1. The summed E-state index contributed by atoms with van der Waals surface area (Å²) in [6, 6.07) is 14.3. The molecule has 1 amide bonds. The first kappa shape index (κ1) is 20.4. The minimum Gasteiger partial charge on any atom is -0.425 e. The number of hydrogen-bond donors (Lipinski definition) is 1. The van der Waals surface area contributed by atoms with Crippen LogP contribution in [0.5, 0.6) is 5.75 Å². The lowest BCUT2D eigenvalue weighted by atomic mass is 9.85. The quantitative estimate of drug-likeness (QED) is 0.295. The summed E-state index contributed by atoms with van der Waals surface area (Å²) in [4.78, 5) is 40.8. The summed E-state index contributed by atoms with van der Waals surface area (Å²) in [5.41, 5.74) is -1.52. The van der Waals surface area contributed by atoms with Crippen molar-refractivity contribution in [1.82, 2.24) is 5.32 Å². The van der Waals surface area contributed by atoms with Gasteiger partial charge in [-0.3, -0.25) is 14.4 Å². The van der Waals surface area contributed by atoms with Crippen molar-refractivity contribution in [3.63, 3.8) is 0 Å². The number of carbonyl (C=O) groups excluding carboxylic acids is 3. The van der Waals surface area contributed by atoms with Gasteiger partial charge >= 0.3 is 5.97 Å². The summed E-state index contributed by atoms with van der Waals surface area (Å²) in [5, 5.41) is 3.10. The first-order valence-corrected chi connectivity index (χ1v) is 11.6. The number of ether oxygens (including phenoxy) is 1. The smallest absolute Gasteiger partial charge is 0.328 e. The Kier molecular flexibility index (Phi) is 4.81. The van der Waals surface area contributed by atoms with Gasteiger partial charge in [0.25, 0.3) is 0 Å². The van der Waals surface area contributed by atoms with E-state index < -0.39 is 22.7 Å². The first-order valence-electron chi connectivity index (χ1n) is 10.8. The van der Waals surface area contributed by atoms with Crippen molar-refractivity contribution < 1.29 is 19.1 Å². The Morgan fingerprint density at radius 1 is 1.03 bits per heavy atom. The number of hydrogen-bond acceptors (Lipinski definition) is 4. The van der Waals surface area contributed by atoms with Crippen molar-refractivity contribution >= 4 is 33.6 Å². The molecule has 6 heteroatoms. The highest BCUT2D eigenvalue weighted by Crippen LogP contribution is 2.78. The Hall–Kier alpha value is -2.47. The van der Waals surface area contributed by atoms with E-state index in [2.05, 4.69) is 21.2 Å². The van der Waals surface area contributed by atoms with Gasteiger partial charge in [0.05, 0.1) is 5.41 Å². The fourth-order valence-corrected chi connectivity index (χ4v) is 5.97. The summed E-state index contributed by atoms with van der Waals surface area (Å²) in [7, 11) is 0. The van der Waals surface area contributed by atoms with E-state index in [9.17, 15) is 14.4 Å². The zero-order chi connectivity index (χ0) is 21.8. The van der Waals surface area contributed by atoms with Gasteiger partial charge in [0.1, 0.15) is 5.75 Å². The molecule has 2 fully saturated rings. The Morgan fingerprint density at radius 2 is 1.71 bits per heavy atom. The van der Waals surface area contributed by atoms with E-state index in [0.717, 1.165) is 42.1 Å². The van der Waals surface area contributed by atoms with Crippen LogP contribution in [0.2, 0.25) is 0 Å². The molecule has 160 valence electrons. The number of halogens is 1. The molecule has 1 N–H and O–H groups in total. The van der Waals surface area contributed by atoms with E-state index in [0.29, 0.717) is 11.3 Å². The second kappa shape index (κ2) is 7.30. The number of ketones is 1. The monoisotopic (exact) mass is 481 g/mol. The lowest BCUT2D eigenvalue weighted by Crippen LogP contribution is -2.49. The minimum atomic E-state index is -1.54. The van der Waals surface area contributed by atoms with Crippen LogP contribution < -0.4 is 10.1 Å². The fourth-order valence-electron chi connectivity index (χ4n) is 5.70. The van der Waals surface area contributed by atoms with Crippen LogP contribution in [0, 0.1) is 10.8 Å². The van der Waals surface area contributed by atoms with Gasteiger partial charge in [-0.1, -0.05) is 65.5 Å². The number of benzene rings is 2. The predicted molar refractivity (Wildman–Crippen MR) is 119 cm³/mol. The maximum atomic E-state index is 13.8. The number of para-hydroxylation sites is 1. The number of esters is 1. The molecular weight excluding hydrogens is 458 g/mol. The minimum absolute atomic E-state index is 0.0360. The van der Waals surface area contributed by atoms with E-state index in [-0.39, 0.29) is 17.7 Å². The van der Waals surface area contributed by atoms with Crippen molar-refractivity contribution in [2.24, 2.45) is 10.8 Å². The third-order valence-corrected chi connectivity index (χ3v) is 7.91.